The minimum Gasteiger partial charge on any atom is -0.497 e. The van der Waals surface area contributed by atoms with Gasteiger partial charge in [-0.1, -0.05) is 30.3 Å². The molecule has 2 aromatic rings. The third-order valence-corrected chi connectivity index (χ3v) is 3.33. The van der Waals surface area contributed by atoms with Crippen molar-refractivity contribution >= 4 is 23.6 Å². The second kappa shape index (κ2) is 8.53. The lowest BCUT2D eigenvalue weighted by atomic mass is 10.2. The summed E-state index contributed by atoms with van der Waals surface area (Å²) in [6.07, 6.45) is 3.13. The molecule has 0 saturated heterocycles. The molecule has 5 heteroatoms. The van der Waals surface area contributed by atoms with E-state index in [0.717, 1.165) is 11.3 Å². The number of carbonyl (C=O) groups excluding carboxylic acids is 2. The number of benzene rings is 2. The SMILES string of the molecule is COc1cccc(/C=C/C(=O)N(C)CC(=O)Nc2ccccc2)c1. The fourth-order valence-corrected chi connectivity index (χ4v) is 2.06. The number of amides is 2. The predicted octanol–water partition coefficient (Wildman–Crippen LogP) is 2.81. The van der Waals surface area contributed by atoms with E-state index in [2.05, 4.69) is 5.32 Å². The Kier molecular flexibility index (Phi) is 6.14. The summed E-state index contributed by atoms with van der Waals surface area (Å²) in [5.74, 6) is 0.230. The van der Waals surface area contributed by atoms with E-state index in [0.29, 0.717) is 5.69 Å². The van der Waals surface area contributed by atoms with E-state index >= 15 is 0 Å². The molecular weight excluding hydrogens is 304 g/mol. The Labute approximate surface area is 141 Å². The molecule has 0 spiro atoms. The predicted molar refractivity (Wildman–Crippen MR) is 94.7 cm³/mol. The van der Waals surface area contributed by atoms with Gasteiger partial charge in [-0.15, -0.1) is 0 Å². The van der Waals surface area contributed by atoms with Crippen LogP contribution in [0, 0.1) is 0 Å². The van der Waals surface area contributed by atoms with Crippen molar-refractivity contribution in [2.24, 2.45) is 0 Å². The van der Waals surface area contributed by atoms with Crippen LogP contribution in [-0.2, 0) is 9.59 Å². The average molecular weight is 324 g/mol. The molecule has 0 bridgehead atoms. The van der Waals surface area contributed by atoms with Crippen molar-refractivity contribution in [2.75, 3.05) is 26.0 Å². The molecule has 0 aliphatic heterocycles. The van der Waals surface area contributed by atoms with Gasteiger partial charge in [-0.25, -0.2) is 0 Å². The number of nitrogens with zero attached hydrogens (tertiary/aromatic N) is 1. The van der Waals surface area contributed by atoms with E-state index in [-0.39, 0.29) is 18.4 Å². The minimum absolute atomic E-state index is 0.0177. The molecule has 24 heavy (non-hydrogen) atoms. The largest absolute Gasteiger partial charge is 0.497 e. The molecule has 0 aliphatic rings. The van der Waals surface area contributed by atoms with Gasteiger partial charge < -0.3 is 15.0 Å². The Morgan fingerprint density at radius 3 is 2.58 bits per heavy atom. The van der Waals surface area contributed by atoms with Crippen molar-refractivity contribution in [2.45, 2.75) is 0 Å². The van der Waals surface area contributed by atoms with Crippen LogP contribution in [0.3, 0.4) is 0 Å². The van der Waals surface area contributed by atoms with Gasteiger partial charge in [0, 0.05) is 18.8 Å². The van der Waals surface area contributed by atoms with E-state index in [1.165, 1.54) is 11.0 Å². The van der Waals surface area contributed by atoms with Gasteiger partial charge in [-0.3, -0.25) is 9.59 Å². The molecule has 0 atom stereocenters. The highest BCUT2D eigenvalue weighted by Crippen LogP contribution is 2.13. The van der Waals surface area contributed by atoms with Crippen molar-refractivity contribution in [3.63, 3.8) is 0 Å². The molecule has 0 radical (unpaired) electrons. The molecule has 0 aromatic heterocycles. The van der Waals surface area contributed by atoms with Crippen LogP contribution in [0.25, 0.3) is 6.08 Å². The lowest BCUT2D eigenvalue weighted by Gasteiger charge is -2.14. The zero-order valence-electron chi connectivity index (χ0n) is 13.7. The topological polar surface area (TPSA) is 58.6 Å². The van der Waals surface area contributed by atoms with E-state index in [1.54, 1.807) is 32.4 Å². The van der Waals surface area contributed by atoms with Gasteiger partial charge in [0.2, 0.25) is 11.8 Å². The normalized spacial score (nSPS) is 10.4. The molecule has 2 amide bonds. The fraction of sp³-hybridized carbons (Fsp3) is 0.158. The van der Waals surface area contributed by atoms with Crippen LogP contribution >= 0.6 is 0 Å². The first-order valence-electron chi connectivity index (χ1n) is 7.50. The van der Waals surface area contributed by atoms with Gasteiger partial charge in [0.25, 0.3) is 0 Å². The number of carbonyl (C=O) groups is 2. The summed E-state index contributed by atoms with van der Waals surface area (Å²) < 4.78 is 5.14. The van der Waals surface area contributed by atoms with Crippen molar-refractivity contribution in [1.29, 1.82) is 0 Å². The van der Waals surface area contributed by atoms with Crippen LogP contribution in [-0.4, -0.2) is 37.4 Å². The van der Waals surface area contributed by atoms with E-state index in [9.17, 15) is 9.59 Å². The number of methoxy groups -OCH3 is 1. The molecule has 2 aromatic carbocycles. The van der Waals surface area contributed by atoms with Gasteiger partial charge in [-0.2, -0.15) is 0 Å². The maximum atomic E-state index is 12.1. The monoisotopic (exact) mass is 324 g/mol. The summed E-state index contributed by atoms with van der Waals surface area (Å²) in [5.41, 5.74) is 1.56. The zero-order chi connectivity index (χ0) is 17.4. The van der Waals surface area contributed by atoms with E-state index < -0.39 is 0 Å². The van der Waals surface area contributed by atoms with E-state index in [4.69, 9.17) is 4.74 Å². The second-order valence-corrected chi connectivity index (χ2v) is 5.22. The smallest absolute Gasteiger partial charge is 0.246 e. The first kappa shape index (κ1) is 17.3. The number of anilines is 1. The number of hydrogen-bond donors (Lipinski definition) is 1. The van der Waals surface area contributed by atoms with Gasteiger partial charge >= 0.3 is 0 Å². The molecule has 5 nitrogen and oxygen atoms in total. The van der Waals surface area contributed by atoms with E-state index in [1.807, 2.05) is 42.5 Å². The number of para-hydroxylation sites is 1. The number of nitrogens with one attached hydrogen (secondary N) is 1. The second-order valence-electron chi connectivity index (χ2n) is 5.22. The number of hydrogen-bond acceptors (Lipinski definition) is 3. The van der Waals surface area contributed by atoms with Crippen LogP contribution in [0.15, 0.2) is 60.7 Å². The summed E-state index contributed by atoms with van der Waals surface area (Å²) in [5, 5.41) is 2.74. The van der Waals surface area contributed by atoms with Crippen LogP contribution in [0.5, 0.6) is 5.75 Å². The zero-order valence-corrected chi connectivity index (χ0v) is 13.7. The summed E-state index contributed by atoms with van der Waals surface area (Å²) in [6.45, 7) is -0.0177. The third-order valence-electron chi connectivity index (χ3n) is 3.33. The quantitative estimate of drug-likeness (QED) is 0.831. The Morgan fingerprint density at radius 2 is 1.88 bits per heavy atom. The van der Waals surface area contributed by atoms with Gasteiger partial charge in [0.1, 0.15) is 5.75 Å². The molecular formula is C19H20N2O3. The maximum absolute atomic E-state index is 12.1. The molecule has 0 aliphatic carbocycles. The Hall–Kier alpha value is -3.08. The number of rotatable bonds is 6. The summed E-state index contributed by atoms with van der Waals surface area (Å²) >= 11 is 0. The van der Waals surface area contributed by atoms with Gasteiger partial charge in [-0.05, 0) is 35.9 Å². The Morgan fingerprint density at radius 1 is 1.12 bits per heavy atom. The fourth-order valence-electron chi connectivity index (χ4n) is 2.06. The summed E-state index contributed by atoms with van der Waals surface area (Å²) in [4.78, 5) is 25.4. The van der Waals surface area contributed by atoms with Crippen LogP contribution in [0.4, 0.5) is 5.69 Å². The molecule has 0 heterocycles. The highest BCUT2D eigenvalue weighted by Gasteiger charge is 2.10. The Bertz CT molecular complexity index is 726. The van der Waals surface area contributed by atoms with Gasteiger partial charge in [0.15, 0.2) is 0 Å². The standard InChI is InChI=1S/C19H20N2O3/c1-21(14-18(22)20-16-8-4-3-5-9-16)19(23)12-11-15-7-6-10-17(13-15)24-2/h3-13H,14H2,1-2H3,(H,20,22)/b12-11+. The van der Waals surface area contributed by atoms with Crippen LogP contribution in [0.1, 0.15) is 5.56 Å². The molecule has 0 saturated carbocycles. The van der Waals surface area contributed by atoms with Crippen LogP contribution < -0.4 is 10.1 Å². The molecule has 1 N–H and O–H groups in total. The van der Waals surface area contributed by atoms with Crippen LogP contribution in [0.2, 0.25) is 0 Å². The first-order chi connectivity index (χ1) is 11.6. The molecule has 124 valence electrons. The first-order valence-corrected chi connectivity index (χ1v) is 7.50. The van der Waals surface area contributed by atoms with Crippen molar-refractivity contribution in [3.05, 3.63) is 66.2 Å². The number of ether oxygens (including phenoxy) is 1. The average Bonchev–Trinajstić information content (AvgIpc) is 2.60. The van der Waals surface area contributed by atoms with Crippen molar-refractivity contribution in [1.82, 2.24) is 4.90 Å². The van der Waals surface area contributed by atoms with Crippen molar-refractivity contribution < 1.29 is 14.3 Å². The summed E-state index contributed by atoms with van der Waals surface area (Å²) in [7, 11) is 3.18. The number of likely N-dealkylation sites (N-methyl/N-ethyl adjacent to an activating group) is 1. The maximum Gasteiger partial charge on any atom is 0.246 e. The Balaban J connectivity index is 1.89. The molecule has 0 fully saturated rings. The minimum atomic E-state index is -0.249. The third kappa shape index (κ3) is 5.28. The summed E-state index contributed by atoms with van der Waals surface area (Å²) in [6, 6.07) is 16.5. The molecule has 0 unspecified atom stereocenters. The van der Waals surface area contributed by atoms with Crippen molar-refractivity contribution in [3.8, 4) is 5.75 Å². The lowest BCUT2D eigenvalue weighted by Crippen LogP contribution is -2.33. The molecule has 2 rings (SSSR count). The van der Waals surface area contributed by atoms with Gasteiger partial charge in [0.05, 0.1) is 13.7 Å². The highest BCUT2D eigenvalue weighted by atomic mass is 16.5. The lowest BCUT2D eigenvalue weighted by molar-refractivity contribution is -0.129. The highest BCUT2D eigenvalue weighted by molar-refractivity contribution is 5.97.